The van der Waals surface area contributed by atoms with Crippen LogP contribution in [0.5, 0.6) is 46.0 Å². The molecule has 120 heavy (non-hydrogen) atoms. The summed E-state index contributed by atoms with van der Waals surface area (Å²) < 4.78 is 39.0. The number of primary amides is 1. The molecular formula is C85H89Cl2N9O24. The fourth-order valence-corrected chi connectivity index (χ4v) is 15.7. The van der Waals surface area contributed by atoms with Gasteiger partial charge in [-0.2, -0.15) is 0 Å². The van der Waals surface area contributed by atoms with Crippen molar-refractivity contribution in [1.82, 2.24) is 42.5 Å². The van der Waals surface area contributed by atoms with E-state index in [-0.39, 0.29) is 58.5 Å². The van der Waals surface area contributed by atoms with Crippen LogP contribution in [0.1, 0.15) is 111 Å². The number of carbonyl (C=O) groups excluding carboxylic acids is 7. The van der Waals surface area contributed by atoms with E-state index < -0.39 is 231 Å². The van der Waals surface area contributed by atoms with Crippen molar-refractivity contribution in [3.05, 3.63) is 201 Å². The van der Waals surface area contributed by atoms with Crippen molar-refractivity contribution in [2.45, 2.75) is 163 Å². The van der Waals surface area contributed by atoms with Crippen molar-refractivity contribution in [3.8, 4) is 79.4 Å². The second-order valence-corrected chi connectivity index (χ2v) is 31.4. The Labute approximate surface area is 696 Å². The molecule has 8 aromatic carbocycles. The first kappa shape index (κ1) is 86.3. The average Bonchev–Trinajstić information content (AvgIpc) is 0.761. The fourth-order valence-electron chi connectivity index (χ4n) is 15.2. The minimum atomic E-state index is -2.36. The molecule has 7 amide bonds. The predicted molar refractivity (Wildman–Crippen MR) is 429 cm³/mol. The highest BCUT2D eigenvalue weighted by Crippen LogP contribution is 2.50. The number of hydrogen-bond donors (Lipinski definition) is 19. The molecule has 7 aliphatic rings. The first-order valence-corrected chi connectivity index (χ1v) is 39.1. The van der Waals surface area contributed by atoms with Gasteiger partial charge in [0.2, 0.25) is 53.4 Å². The molecule has 0 aromatic heterocycles. The van der Waals surface area contributed by atoms with Crippen molar-refractivity contribution in [1.29, 1.82) is 0 Å². The summed E-state index contributed by atoms with van der Waals surface area (Å²) in [6.45, 7) is 6.08. The molecule has 20 N–H and O–H groups in total. The Kier molecular flexibility index (Phi) is 26.0. The molecule has 632 valence electrons. The average molecular weight is 1690 g/mol. The molecule has 0 spiro atoms. The molecule has 2 saturated heterocycles. The third-order valence-electron chi connectivity index (χ3n) is 21.7. The van der Waals surface area contributed by atoms with Crippen molar-refractivity contribution >= 4 is 70.5 Å². The third-order valence-corrected chi connectivity index (χ3v) is 22.3. The number of nitrogens with one attached hydrogen (secondary N) is 8. The SMILES string of the molecule is CN[C@H](CC(C)C)C(=O)N[C@H]1C(=O)N[C@@H](CC(N)=O)C(=O)N[C@H]2C(=O)NC3C(=O)NC(C(=O)N[C@@H](C(=O)O)c4cc(O)cc(O)c4-c4cc3ccc4O)[C@H](O[C@H]3C[C@](C)(NCc4ccc(-c5ccc(-c6ccccc6)cc5)cc4)[C@@H](O)[C@H](C)O3)c3ccc(c(Cl)c3)Oc3cc2cc(c3O[C@@H]2O[C@H](CO)[C@@H](O)[C@H](O)[C@H]2O)Oc2ccc(cc2Cl)[C@H]1O. The van der Waals surface area contributed by atoms with Crippen LogP contribution in [-0.2, 0) is 59.1 Å². The molecule has 0 radical (unpaired) electrons. The topological polar surface area (TPSA) is 517 Å². The maximum Gasteiger partial charge on any atom is 0.330 e. The van der Waals surface area contributed by atoms with E-state index in [0.717, 1.165) is 76.3 Å². The highest BCUT2D eigenvalue weighted by Gasteiger charge is 2.50. The van der Waals surface area contributed by atoms with Gasteiger partial charge >= 0.3 is 5.97 Å². The number of aromatic hydroxyl groups is 3. The molecule has 0 aliphatic carbocycles. The molecule has 0 saturated carbocycles. The Balaban J connectivity index is 0.982. The Morgan fingerprint density at radius 3 is 1.83 bits per heavy atom. The molecule has 15 rings (SSSR count). The van der Waals surface area contributed by atoms with Crippen molar-refractivity contribution < 1.29 is 118 Å². The van der Waals surface area contributed by atoms with E-state index in [1.165, 1.54) is 37.4 Å². The largest absolute Gasteiger partial charge is 0.508 e. The number of nitrogens with two attached hydrogens (primary N) is 1. The van der Waals surface area contributed by atoms with Gasteiger partial charge in [-0.3, -0.25) is 33.6 Å². The predicted octanol–water partition coefficient (Wildman–Crippen LogP) is 5.27. The van der Waals surface area contributed by atoms with E-state index in [0.29, 0.717) is 0 Å². The van der Waals surface area contributed by atoms with Gasteiger partial charge in [-0.05, 0) is 138 Å². The van der Waals surface area contributed by atoms with Crippen LogP contribution >= 0.6 is 23.2 Å². The van der Waals surface area contributed by atoms with Gasteiger partial charge in [0.1, 0.15) is 95.6 Å². The summed E-state index contributed by atoms with van der Waals surface area (Å²) in [5.74, 6) is -16.0. The summed E-state index contributed by atoms with van der Waals surface area (Å²) in [5.41, 5.74) is 6.52. The number of hydrogen-bond acceptors (Lipinski definition) is 25. The van der Waals surface area contributed by atoms with E-state index in [9.17, 15) is 70.2 Å². The lowest BCUT2D eigenvalue weighted by Crippen LogP contribution is -2.63. The molecule has 18 atom stereocenters. The Bertz CT molecular complexity index is 5230. The lowest BCUT2D eigenvalue weighted by atomic mass is 9.84. The molecular weight excluding hydrogens is 1600 g/mol. The van der Waals surface area contributed by atoms with Crippen molar-refractivity contribution in [2.75, 3.05) is 13.7 Å². The summed E-state index contributed by atoms with van der Waals surface area (Å²) in [6.07, 6.45) is -19.1. The lowest BCUT2D eigenvalue weighted by Gasteiger charge is -2.47. The molecule has 35 heteroatoms. The van der Waals surface area contributed by atoms with Gasteiger partial charge < -0.3 is 128 Å². The van der Waals surface area contributed by atoms with Crippen LogP contribution in [0.25, 0.3) is 33.4 Å². The zero-order chi connectivity index (χ0) is 86.0. The maximum absolute atomic E-state index is 16.4. The Morgan fingerprint density at radius 2 is 1.23 bits per heavy atom. The Morgan fingerprint density at radius 1 is 0.633 bits per heavy atom. The number of aliphatic hydroxyl groups excluding tert-OH is 6. The van der Waals surface area contributed by atoms with Crippen LogP contribution in [-0.4, -0.2) is 191 Å². The minimum absolute atomic E-state index is 0.104. The van der Waals surface area contributed by atoms with Crippen molar-refractivity contribution in [3.63, 3.8) is 0 Å². The summed E-state index contributed by atoms with van der Waals surface area (Å²) in [4.78, 5) is 120. The van der Waals surface area contributed by atoms with Gasteiger partial charge in [-0.15, -0.1) is 0 Å². The van der Waals surface area contributed by atoms with Crippen molar-refractivity contribution in [2.24, 2.45) is 11.7 Å². The van der Waals surface area contributed by atoms with Crippen LogP contribution in [0, 0.1) is 5.92 Å². The molecule has 2 fully saturated rings. The van der Waals surface area contributed by atoms with E-state index in [4.69, 9.17) is 57.4 Å². The number of rotatable bonds is 18. The number of carboxylic acid groups (broad SMARTS) is 1. The second-order valence-electron chi connectivity index (χ2n) is 30.6. The summed E-state index contributed by atoms with van der Waals surface area (Å²) in [7, 11) is 1.48. The smallest absolute Gasteiger partial charge is 0.330 e. The molecule has 11 bridgehead atoms. The number of amides is 7. The highest BCUT2D eigenvalue weighted by molar-refractivity contribution is 6.32. The van der Waals surface area contributed by atoms with Crippen LogP contribution < -0.4 is 62.5 Å². The number of likely N-dealkylation sites (N-methyl/N-ethyl adjacent to an activating group) is 1. The maximum atomic E-state index is 16.4. The van der Waals surface area contributed by atoms with E-state index in [1.54, 1.807) is 13.8 Å². The normalized spacial score (nSPS) is 26.6. The van der Waals surface area contributed by atoms with E-state index in [1.807, 2.05) is 92.7 Å². The van der Waals surface area contributed by atoms with E-state index in [2.05, 4.69) is 42.5 Å². The Hall–Kier alpha value is -11.5. The third kappa shape index (κ3) is 18.6. The van der Waals surface area contributed by atoms with Crippen LogP contribution in [0.3, 0.4) is 0 Å². The molecule has 7 aliphatic heterocycles. The van der Waals surface area contributed by atoms with Crippen LogP contribution in [0.15, 0.2) is 158 Å². The number of phenolic OH excluding ortho intramolecular Hbond substituents is 3. The summed E-state index contributed by atoms with van der Waals surface area (Å²) >= 11 is 14.5. The number of halogens is 2. The monoisotopic (exact) mass is 1690 g/mol. The van der Waals surface area contributed by atoms with Gasteiger partial charge in [0, 0.05) is 41.3 Å². The minimum Gasteiger partial charge on any atom is -0.508 e. The van der Waals surface area contributed by atoms with E-state index >= 15 is 19.2 Å². The van der Waals surface area contributed by atoms with Gasteiger partial charge in [-0.1, -0.05) is 134 Å². The number of aliphatic hydroxyl groups is 6. The van der Waals surface area contributed by atoms with Crippen LogP contribution in [0.4, 0.5) is 0 Å². The number of ether oxygens (including phenoxy) is 6. The highest BCUT2D eigenvalue weighted by atomic mass is 35.5. The number of aliphatic carboxylic acids is 1. The first-order valence-electron chi connectivity index (χ1n) is 38.3. The molecule has 33 nitrogen and oxygen atoms in total. The number of carboxylic acids is 1. The standard InChI is InChI=1S/C85H89Cl2N9O24/c1-37(2)25-53(89-5)77(107)95-68-70(102)45-20-23-57(51(86)27-45)116-59-29-47-30-60(75(59)120-84-73(105)72(104)71(103)61(36-97)118-84)117-58-24-21-46(28-52(58)87)74(119-63-34-85(4,76(106)38(3)115-63)90-35-39-11-13-41(14-12-39)43-17-15-42(16-18-43)40-9-7-6-8-10-40)69-82(112)94-67(83(113)114)50-31-48(98)32-56(100)64(50)49-26-44(19-22-55(49)99)65(79(109)96-69)93-80(110)66(47)92-78(108)54(33-62(88)101)91-81(68)111/h6-24,26-32,37-38,53-54,61,63,65-74,76,84,89-90,97-100,102-106H,25,33-36H2,1-5H3,(H2,88,101)(H,91,111)(H,92,108)(H,93,110)(H,94,112)(H,95,107)(H,96,109)(H,113,114)/t38-,53+,54-,61+,63-,65?,66+,67+,68+,69?,70+,71+,72-,73+,74+,76-,84-,85-/m0/s1. The van der Waals surface area contributed by atoms with Gasteiger partial charge in [0.05, 0.1) is 41.3 Å². The summed E-state index contributed by atoms with van der Waals surface area (Å²) in [5, 5.41) is 135. The van der Waals surface area contributed by atoms with Gasteiger partial charge in [-0.25, -0.2) is 4.79 Å². The summed E-state index contributed by atoms with van der Waals surface area (Å²) in [6, 6.07) is 25.5. The lowest BCUT2D eigenvalue weighted by molar-refractivity contribution is -0.277. The van der Waals surface area contributed by atoms with Crippen LogP contribution in [0.2, 0.25) is 10.0 Å². The first-order chi connectivity index (χ1) is 57.2. The quantitative estimate of drug-likeness (QED) is 0.0520. The fraction of sp³-hybridized carbons (Fsp3) is 0.341. The molecule has 7 heterocycles. The zero-order valence-electron chi connectivity index (χ0n) is 65.0. The second kappa shape index (κ2) is 36.2. The molecule has 8 aromatic rings. The number of fused-ring (bicyclic) bond motifs is 15. The molecule has 2 unspecified atom stereocenters. The number of benzene rings is 8. The number of phenols is 3. The number of carbonyl (C=O) groups is 8. The van der Waals surface area contributed by atoms with Gasteiger partial charge in [0.15, 0.2) is 23.8 Å². The van der Waals surface area contributed by atoms with Gasteiger partial charge in [0.25, 0.3) is 0 Å². The zero-order valence-corrected chi connectivity index (χ0v) is 66.5.